The summed E-state index contributed by atoms with van der Waals surface area (Å²) in [6.07, 6.45) is 6.43. The van der Waals surface area contributed by atoms with Crippen LogP contribution in [0.3, 0.4) is 0 Å². The second kappa shape index (κ2) is 39.0. The molecule has 20 rings (SSSR count). The fourth-order valence-electron chi connectivity index (χ4n) is 20.4. The van der Waals surface area contributed by atoms with Crippen LogP contribution in [0.25, 0.3) is 91.4 Å². The number of nitrogens with zero attached hydrogens (tertiary/aromatic N) is 16. The van der Waals surface area contributed by atoms with Crippen LogP contribution in [-0.2, 0) is 71.4 Å². The van der Waals surface area contributed by atoms with Crippen LogP contribution in [0.2, 0.25) is 0 Å². The van der Waals surface area contributed by atoms with Crippen molar-refractivity contribution in [3.05, 3.63) is 212 Å². The van der Waals surface area contributed by atoms with Gasteiger partial charge in [0.05, 0.1) is 97.0 Å². The fraction of sp³-hybridized carbons (Fsp3) is 0.369. The molecule has 137 heavy (non-hydrogen) atoms. The Morgan fingerprint density at radius 2 is 0.723 bits per heavy atom. The molecule has 4 spiro atoms. The van der Waals surface area contributed by atoms with Crippen LogP contribution in [0.5, 0.6) is 23.0 Å². The van der Waals surface area contributed by atoms with Crippen LogP contribution >= 0.6 is 0 Å². The zero-order chi connectivity index (χ0) is 96.4. The van der Waals surface area contributed by atoms with E-state index in [-0.39, 0.29) is 131 Å². The van der Waals surface area contributed by atoms with Crippen molar-refractivity contribution in [1.82, 2.24) is 60.2 Å². The van der Waals surface area contributed by atoms with Gasteiger partial charge >= 0.3 is 6.09 Å². The molecule has 0 radical (unpaired) electrons. The minimum Gasteiger partial charge on any atom is -0.490 e. The number of aromatic nitrogens is 8. The van der Waals surface area contributed by atoms with Gasteiger partial charge in [-0.3, -0.25) is 33.9 Å². The van der Waals surface area contributed by atoms with Crippen molar-refractivity contribution in [3.63, 3.8) is 0 Å². The third kappa shape index (κ3) is 17.8. The quantitative estimate of drug-likeness (QED) is 0.0408. The van der Waals surface area contributed by atoms with Gasteiger partial charge in [-0.2, -0.15) is 41.0 Å². The number of rotatable bonds is 24. The van der Waals surface area contributed by atoms with E-state index in [4.69, 9.17) is 41.8 Å². The predicted octanol–water partition coefficient (Wildman–Crippen LogP) is 13.6. The maximum absolute atomic E-state index is 13.2. The van der Waals surface area contributed by atoms with Crippen molar-refractivity contribution in [2.75, 3.05) is 72.3 Å². The minimum absolute atomic E-state index is 0.00826. The first-order valence-electron chi connectivity index (χ1n) is 45.8. The van der Waals surface area contributed by atoms with E-state index in [0.29, 0.717) is 141 Å². The Labute approximate surface area is 788 Å². The molecule has 0 saturated carbocycles. The summed E-state index contributed by atoms with van der Waals surface area (Å²) in [5.74, 6) is 3.97. The van der Waals surface area contributed by atoms with Crippen LogP contribution in [0.1, 0.15) is 167 Å². The molecule has 4 aromatic heterocycles. The topological polar surface area (TPSA) is 476 Å². The van der Waals surface area contributed by atoms with Crippen molar-refractivity contribution in [1.29, 1.82) is 21.0 Å². The predicted molar refractivity (Wildman–Crippen MR) is 493 cm³/mol. The molecule has 8 aromatic carbocycles. The number of hydrogen-bond donors (Lipinski definition) is 4. The lowest BCUT2D eigenvalue weighted by Crippen LogP contribution is -2.44. The number of nitriles is 4. The van der Waals surface area contributed by atoms with Gasteiger partial charge in [0.2, 0.25) is 46.9 Å². The largest absolute Gasteiger partial charge is 0.490 e. The van der Waals surface area contributed by atoms with E-state index in [0.717, 1.165) is 104 Å². The number of ether oxygens (including phenoxy) is 5. The zero-order valence-electron chi connectivity index (χ0n) is 76.9. The number of amides is 5. The summed E-state index contributed by atoms with van der Waals surface area (Å²) < 4.78 is 50.3. The van der Waals surface area contributed by atoms with Gasteiger partial charge in [-0.15, -0.1) is 0 Å². The summed E-state index contributed by atoms with van der Waals surface area (Å²) in [7, 11) is 0. The van der Waals surface area contributed by atoms with Crippen LogP contribution in [0, 0.1) is 45.3 Å². The highest BCUT2D eigenvalue weighted by atomic mass is 16.6. The van der Waals surface area contributed by atoms with Crippen LogP contribution in [-0.4, -0.2) is 207 Å². The van der Waals surface area contributed by atoms with Crippen LogP contribution in [0.4, 0.5) is 4.79 Å². The Morgan fingerprint density at radius 1 is 0.394 bits per heavy atom. The molecule has 34 nitrogen and oxygen atoms in total. The third-order valence-electron chi connectivity index (χ3n) is 26.4. The average Bonchev–Trinajstić information content (AvgIpc) is 1.57. The van der Waals surface area contributed by atoms with Crippen molar-refractivity contribution in [2.24, 2.45) is 0 Å². The third-order valence-corrected chi connectivity index (χ3v) is 26.4. The number of aliphatic hydroxyl groups excluding tert-OH is 4. The van der Waals surface area contributed by atoms with E-state index >= 15 is 0 Å². The number of hydrogen-bond acceptors (Lipinski definition) is 31. The number of likely N-dealkylation sites (tertiary alicyclic amines) is 3. The van der Waals surface area contributed by atoms with Gasteiger partial charge in [-0.05, 0) is 237 Å². The Morgan fingerprint density at radius 3 is 1.07 bits per heavy atom. The summed E-state index contributed by atoms with van der Waals surface area (Å²) in [6.45, 7) is 18.0. The Bertz CT molecular complexity index is 6660. The number of benzene rings is 8. The summed E-state index contributed by atoms with van der Waals surface area (Å²) in [6, 6.07) is 52.8. The number of imide groups is 2. The molecule has 8 heterocycles. The lowest BCUT2D eigenvalue weighted by molar-refractivity contribution is -0.142. The van der Waals surface area contributed by atoms with E-state index in [1.165, 1.54) is 11.1 Å². The molecule has 0 unspecified atom stereocenters. The lowest BCUT2D eigenvalue weighted by atomic mass is 9.80. The van der Waals surface area contributed by atoms with Crippen LogP contribution < -0.4 is 18.9 Å². The van der Waals surface area contributed by atoms with E-state index in [1.807, 2.05) is 116 Å². The van der Waals surface area contributed by atoms with Crippen molar-refractivity contribution < 1.29 is 86.2 Å². The highest BCUT2D eigenvalue weighted by molar-refractivity contribution is 6.11. The standard InChI is InChI=1S/2C26H24N4O5.C26H28N4O3.C25H24N4O5/c2*1-15(2)34-21-7-6-16(12-17(21)14-27)24-28-23(29-35-24)19-4-3-5-20-18(19)8-9-26(20)13-22(32)30(10-11-31)25(26)33;1-17(2)32-23-7-6-18(14-19(23)15-27)25-28-24(29-33-25)21-4-3-5-22-20(21)8-9-26(22)10-11-30(16-26)12-13-31;1-15(2)33-21-7-6-16(12-17(21)13-26)23-27-22(28-34-23)19-4-3-5-20-18(19)8-9-25(20)14-32-24(31)29(25)10-11-30/h2*3-7,12,15,31H,8-11,13H2,1-2H3;3-7,14,17,31H,8-13,16H2,1-2H3;3-7,12,15,30H,8-11,14H2,1-2H3/t3*26-;25-/m1000/s1. The highest BCUT2D eigenvalue weighted by Gasteiger charge is 2.58. The number of β-amino-alcohol motifs (C(OH)–C–C–N with tert-alkyl or cyclic N) is 4. The monoisotopic (exact) mass is 1850 g/mol. The van der Waals surface area contributed by atoms with E-state index in [2.05, 4.69) is 87.9 Å². The lowest BCUT2D eigenvalue weighted by Gasteiger charge is -2.32. The molecular weight excluding hydrogens is 1750 g/mol. The summed E-state index contributed by atoms with van der Waals surface area (Å²) >= 11 is 0. The van der Waals surface area contributed by atoms with Gasteiger partial charge in [-0.25, -0.2) is 4.79 Å². The molecule has 4 aliphatic heterocycles. The molecule has 700 valence electrons. The second-order valence-corrected chi connectivity index (χ2v) is 36.1. The summed E-state index contributed by atoms with van der Waals surface area (Å²) in [5.41, 5.74) is 13.3. The zero-order valence-corrected chi connectivity index (χ0v) is 76.9. The molecule has 12 aromatic rings. The number of carbonyl (C=O) groups excluding carboxylic acids is 5. The maximum atomic E-state index is 13.2. The first kappa shape index (κ1) is 93.6. The average molecular weight is 1850 g/mol. The van der Waals surface area contributed by atoms with Crippen LogP contribution in [0.15, 0.2) is 164 Å². The number of cyclic esters (lactones) is 1. The number of carbonyl (C=O) groups is 5. The first-order chi connectivity index (χ1) is 66.2. The van der Waals surface area contributed by atoms with Gasteiger partial charge in [0, 0.05) is 82.4 Å². The van der Waals surface area contributed by atoms with Crippen molar-refractivity contribution in [3.8, 4) is 139 Å². The van der Waals surface area contributed by atoms with Crippen molar-refractivity contribution >= 4 is 29.7 Å². The van der Waals surface area contributed by atoms with Gasteiger partial charge in [-0.1, -0.05) is 93.4 Å². The van der Waals surface area contributed by atoms with Crippen molar-refractivity contribution in [2.45, 2.75) is 172 Å². The molecule has 4 saturated heterocycles. The molecule has 4 fully saturated rings. The summed E-state index contributed by atoms with van der Waals surface area (Å²) in [4.78, 5) is 88.4. The fourth-order valence-corrected chi connectivity index (χ4v) is 20.4. The smallest absolute Gasteiger partial charge is 0.410 e. The Hall–Kier alpha value is -15.2. The number of fused-ring (bicyclic) bond motifs is 8. The summed E-state index contributed by atoms with van der Waals surface area (Å²) in [5, 5.41) is 92.2. The molecular formula is C103H100N16O18. The van der Waals surface area contributed by atoms with Gasteiger partial charge in [0.25, 0.3) is 23.6 Å². The highest BCUT2D eigenvalue weighted by Crippen LogP contribution is 2.54. The molecule has 4 aliphatic carbocycles. The first-order valence-corrected chi connectivity index (χ1v) is 45.8. The van der Waals surface area contributed by atoms with E-state index in [9.17, 15) is 65.4 Å². The van der Waals surface area contributed by atoms with E-state index < -0.39 is 22.5 Å². The van der Waals surface area contributed by atoms with Gasteiger partial charge < -0.3 is 67.1 Å². The maximum Gasteiger partial charge on any atom is 0.410 e. The second-order valence-electron chi connectivity index (χ2n) is 36.1. The Balaban J connectivity index is 0.000000127. The minimum atomic E-state index is -0.905. The Kier molecular flexibility index (Phi) is 26.7. The molecule has 34 heteroatoms. The van der Waals surface area contributed by atoms with E-state index in [1.54, 1.807) is 71.6 Å². The molecule has 4 atom stereocenters. The molecule has 8 aliphatic rings. The van der Waals surface area contributed by atoms with Gasteiger partial charge in [0.1, 0.15) is 59.4 Å². The normalized spacial score (nSPS) is 19.2. The molecule has 0 bridgehead atoms. The molecule has 4 N–H and O–H groups in total. The number of aliphatic hydroxyl groups is 4. The SMILES string of the molecule is CC(C)Oc1ccc(-c2nc(-c3cccc4c3CC[C@@]43CC(=O)N(CCO)C3=O)no2)cc1C#N.CC(C)Oc1ccc(-c2nc(-c3cccc4c3CC[C@@]43CCN(CCO)C3)no2)cc1C#N.CC(C)Oc1ccc(-c2nc(-c3cccc4c3CC[C@]43CC(=O)N(CCO)C3=O)no2)cc1C#N.CC(C)Oc1ccc(-c2nc(-c3cccc4c3CC[C@]43COC(=O)N3CCO)no2)cc1C#N. The molecule has 5 amide bonds. The van der Waals surface area contributed by atoms with Gasteiger partial charge in [0.15, 0.2) is 0 Å².